The normalized spacial score (nSPS) is 11.2. The predicted octanol–water partition coefficient (Wildman–Crippen LogP) is 17.1. The van der Waals surface area contributed by atoms with Crippen molar-refractivity contribution in [3.05, 3.63) is 235 Å². The van der Waals surface area contributed by atoms with Crippen LogP contribution in [0.5, 0.6) is 0 Å². The number of pyridine rings is 3. The number of benzene rings is 6. The largest absolute Gasteiger partial charge is 3.00 e. The quantitative estimate of drug-likeness (QED) is 0.167. The molecule has 9 rings (SSSR count). The van der Waals surface area contributed by atoms with E-state index < -0.39 is 0 Å². The molecule has 0 N–H and O–H groups in total. The van der Waals surface area contributed by atoms with E-state index >= 15 is 0 Å². The molecule has 3 heterocycles. The number of hydrogen-bond donors (Lipinski definition) is 0. The molecule has 0 saturated heterocycles. The van der Waals surface area contributed by atoms with Crippen LogP contribution in [0.3, 0.4) is 0 Å². The van der Waals surface area contributed by atoms with E-state index in [1.165, 1.54) is 50.1 Å². The fourth-order valence-electron chi connectivity index (χ4n) is 7.63. The van der Waals surface area contributed by atoms with Crippen molar-refractivity contribution >= 4 is 0 Å². The molecule has 0 atom stereocenters. The van der Waals surface area contributed by atoms with E-state index in [1.54, 1.807) is 0 Å². The van der Waals surface area contributed by atoms with Crippen LogP contribution in [0.15, 0.2) is 219 Å². The third-order valence-electron chi connectivity index (χ3n) is 11.7. The van der Waals surface area contributed by atoms with E-state index in [-0.39, 0.29) is 36.4 Å². The number of aromatic nitrogens is 3. The van der Waals surface area contributed by atoms with E-state index in [0.717, 1.165) is 33.8 Å². The van der Waals surface area contributed by atoms with Gasteiger partial charge in [0.1, 0.15) is 0 Å². The first kappa shape index (κ1) is 49.8. The molecule has 0 aliphatic heterocycles. The number of nitrogens with zero attached hydrogens (tertiary/aromatic N) is 3. The Kier molecular flexibility index (Phi) is 16.6. The summed E-state index contributed by atoms with van der Waals surface area (Å²) in [5.41, 5.74) is 18.3. The van der Waals surface area contributed by atoms with Crippen molar-refractivity contribution < 1.29 is 20.1 Å². The first-order valence-corrected chi connectivity index (χ1v) is 23.0. The summed E-state index contributed by atoms with van der Waals surface area (Å²) >= 11 is 0. The molecule has 0 aliphatic carbocycles. The van der Waals surface area contributed by atoms with Gasteiger partial charge in [0.2, 0.25) is 0 Å². The Hall–Kier alpha value is -6.58. The zero-order valence-corrected chi connectivity index (χ0v) is 42.9. The Morgan fingerprint density at radius 1 is 0.239 bits per heavy atom. The summed E-state index contributed by atoms with van der Waals surface area (Å²) in [6.07, 6.45) is 5.72. The van der Waals surface area contributed by atoms with Gasteiger partial charge in [-0.15, -0.1) is 0 Å². The third kappa shape index (κ3) is 13.7. The summed E-state index contributed by atoms with van der Waals surface area (Å²) in [6.45, 7) is 20.1. The minimum Gasteiger partial charge on any atom is -0.256 e. The van der Waals surface area contributed by atoms with E-state index in [4.69, 9.17) is 0 Å². The molecule has 6 aromatic carbocycles. The number of hydrogen-bond acceptors (Lipinski definition) is 3. The molecule has 3 nitrogen and oxygen atoms in total. The van der Waals surface area contributed by atoms with Crippen molar-refractivity contribution in [1.29, 1.82) is 0 Å². The molecule has 3 aromatic heterocycles. The molecule has 0 aliphatic rings. The summed E-state index contributed by atoms with van der Waals surface area (Å²) in [5.74, 6) is 0. The van der Waals surface area contributed by atoms with Gasteiger partial charge in [-0.1, -0.05) is 208 Å². The topological polar surface area (TPSA) is 38.7 Å². The second kappa shape index (κ2) is 22.3. The van der Waals surface area contributed by atoms with Gasteiger partial charge >= 0.3 is 20.1 Å². The van der Waals surface area contributed by atoms with Crippen molar-refractivity contribution in [3.63, 3.8) is 0 Å². The van der Waals surface area contributed by atoms with Crippen LogP contribution in [0.2, 0.25) is 0 Å². The van der Waals surface area contributed by atoms with E-state index in [1.807, 2.05) is 36.8 Å². The standard InChI is InChI=1S/3C21H21N.Ir/c3*1-21(2,3)19-12-13-22-20(15-19)18-11-7-10-17(14-18)16-8-5-4-6-9-16;/h3*4-15H,1-3H3;/q;;;+3. The molecule has 0 spiro atoms. The fraction of sp³-hybridized carbons (Fsp3) is 0.190. The van der Waals surface area contributed by atoms with E-state index in [2.05, 4.69) is 259 Å². The Labute approximate surface area is 413 Å². The Morgan fingerprint density at radius 2 is 0.463 bits per heavy atom. The van der Waals surface area contributed by atoms with Gasteiger partial charge in [-0.25, -0.2) is 0 Å². The molecular formula is C63H63IrN3+3. The first-order chi connectivity index (χ1) is 31.6. The first-order valence-electron chi connectivity index (χ1n) is 23.0. The summed E-state index contributed by atoms with van der Waals surface area (Å²) in [4.78, 5) is 13.7. The van der Waals surface area contributed by atoms with Crippen LogP contribution >= 0.6 is 0 Å². The van der Waals surface area contributed by atoms with Gasteiger partial charge in [-0.2, -0.15) is 0 Å². The van der Waals surface area contributed by atoms with Crippen LogP contribution in [-0.2, 0) is 36.4 Å². The zero-order chi connectivity index (χ0) is 46.7. The van der Waals surface area contributed by atoms with Gasteiger partial charge in [-0.05, 0) is 121 Å². The van der Waals surface area contributed by atoms with Gasteiger partial charge < -0.3 is 0 Å². The van der Waals surface area contributed by atoms with E-state index in [9.17, 15) is 0 Å². The van der Waals surface area contributed by atoms with Gasteiger partial charge in [0.15, 0.2) is 0 Å². The third-order valence-corrected chi connectivity index (χ3v) is 11.7. The maximum absolute atomic E-state index is 4.56. The summed E-state index contributed by atoms with van der Waals surface area (Å²) in [6, 6.07) is 70.0. The van der Waals surface area contributed by atoms with Crippen molar-refractivity contribution in [1.82, 2.24) is 15.0 Å². The van der Waals surface area contributed by atoms with Crippen molar-refractivity contribution in [2.75, 3.05) is 0 Å². The predicted molar refractivity (Wildman–Crippen MR) is 281 cm³/mol. The molecular weight excluding hydrogens is 991 g/mol. The summed E-state index contributed by atoms with van der Waals surface area (Å²) in [7, 11) is 0. The van der Waals surface area contributed by atoms with Crippen molar-refractivity contribution in [3.8, 4) is 67.2 Å². The molecule has 4 heteroatoms. The second-order valence-electron chi connectivity index (χ2n) is 19.9. The summed E-state index contributed by atoms with van der Waals surface area (Å²) in [5, 5.41) is 0. The zero-order valence-electron chi connectivity index (χ0n) is 40.5. The Bertz CT molecular complexity index is 2630. The molecule has 67 heavy (non-hydrogen) atoms. The van der Waals surface area contributed by atoms with Crippen LogP contribution < -0.4 is 0 Å². The smallest absolute Gasteiger partial charge is 0.256 e. The Morgan fingerprint density at radius 3 is 0.701 bits per heavy atom. The average Bonchev–Trinajstić information content (AvgIpc) is 3.35. The second-order valence-corrected chi connectivity index (χ2v) is 19.9. The molecule has 0 unspecified atom stereocenters. The minimum absolute atomic E-state index is 0. The molecule has 336 valence electrons. The van der Waals surface area contributed by atoms with Gasteiger partial charge in [0.05, 0.1) is 17.1 Å². The van der Waals surface area contributed by atoms with Crippen LogP contribution in [0, 0.1) is 0 Å². The Balaban J connectivity index is 0.000000165. The fourth-order valence-corrected chi connectivity index (χ4v) is 7.63. The molecule has 9 aromatic rings. The maximum atomic E-state index is 4.56. The SMILES string of the molecule is CC(C)(C)c1ccnc(-c2cccc(-c3ccccc3)c2)c1.CC(C)(C)c1ccnc(-c2cccc(-c3ccccc3)c2)c1.CC(C)(C)c1ccnc(-c2cccc(-c3ccccc3)c2)c1.[Ir+3]. The van der Waals surface area contributed by atoms with Crippen LogP contribution in [0.1, 0.15) is 79.0 Å². The monoisotopic (exact) mass is 1050 g/mol. The van der Waals surface area contributed by atoms with Crippen molar-refractivity contribution in [2.45, 2.75) is 78.6 Å². The molecule has 0 radical (unpaired) electrons. The molecule has 0 bridgehead atoms. The van der Waals surface area contributed by atoms with Crippen LogP contribution in [-0.4, -0.2) is 15.0 Å². The average molecular weight is 1050 g/mol. The van der Waals surface area contributed by atoms with Gasteiger partial charge in [0, 0.05) is 35.3 Å². The van der Waals surface area contributed by atoms with Gasteiger partial charge in [0.25, 0.3) is 0 Å². The molecule has 0 saturated carbocycles. The molecule has 0 fully saturated rings. The van der Waals surface area contributed by atoms with E-state index in [0.29, 0.717) is 0 Å². The number of rotatable bonds is 6. The van der Waals surface area contributed by atoms with Crippen molar-refractivity contribution in [2.24, 2.45) is 0 Å². The van der Waals surface area contributed by atoms with Crippen LogP contribution in [0.4, 0.5) is 0 Å². The minimum atomic E-state index is 0. The molecule has 0 amide bonds. The summed E-state index contributed by atoms with van der Waals surface area (Å²) < 4.78 is 0. The van der Waals surface area contributed by atoms with Crippen LogP contribution in [0.25, 0.3) is 67.2 Å². The maximum Gasteiger partial charge on any atom is 3.00 e. The van der Waals surface area contributed by atoms with Gasteiger partial charge in [-0.3, -0.25) is 15.0 Å².